The molecule has 1 amide bonds. The van der Waals surface area contributed by atoms with Crippen molar-refractivity contribution in [3.63, 3.8) is 0 Å². The Balaban J connectivity index is 1.60. The zero-order valence-corrected chi connectivity index (χ0v) is 16.1. The first kappa shape index (κ1) is 18.3. The van der Waals surface area contributed by atoms with E-state index in [9.17, 15) is 4.79 Å². The Morgan fingerprint density at radius 3 is 2.54 bits per heavy atom. The van der Waals surface area contributed by atoms with Gasteiger partial charge in [0.05, 0.1) is 12.8 Å². The van der Waals surface area contributed by atoms with Crippen molar-refractivity contribution in [1.29, 1.82) is 0 Å². The molecular weight excluding hydrogens is 350 g/mol. The molecule has 144 valence electrons. The van der Waals surface area contributed by atoms with Crippen LogP contribution in [0.5, 0.6) is 5.75 Å². The standard InChI is InChI=1S/C23H25N3O2/c1-28-22-9-5-2-6-19(22)16-26(20-7-3-4-8-20)23(27)18-12-10-17(11-13-18)21-14-15-24-25-21/h2,5-6,9-15,20H,3-4,7-8,16H2,1H3,(H,24,25). The topological polar surface area (TPSA) is 58.2 Å². The van der Waals surface area contributed by atoms with Gasteiger partial charge in [-0.3, -0.25) is 9.89 Å². The summed E-state index contributed by atoms with van der Waals surface area (Å²) in [4.78, 5) is 15.4. The van der Waals surface area contributed by atoms with Crippen LogP contribution in [0.25, 0.3) is 11.3 Å². The van der Waals surface area contributed by atoms with E-state index >= 15 is 0 Å². The Labute approximate surface area is 165 Å². The maximum absolute atomic E-state index is 13.4. The van der Waals surface area contributed by atoms with Crippen LogP contribution >= 0.6 is 0 Å². The number of hydrogen-bond donors (Lipinski definition) is 1. The SMILES string of the molecule is COc1ccccc1CN(C(=O)c1ccc(-c2ccn[nH]2)cc1)C1CCCC1. The number of amides is 1. The minimum Gasteiger partial charge on any atom is -0.496 e. The summed E-state index contributed by atoms with van der Waals surface area (Å²) in [6.07, 6.45) is 6.21. The van der Waals surface area contributed by atoms with Crippen LogP contribution in [0.3, 0.4) is 0 Å². The molecule has 0 saturated heterocycles. The number of benzene rings is 2. The molecule has 0 spiro atoms. The number of hydrogen-bond acceptors (Lipinski definition) is 3. The summed E-state index contributed by atoms with van der Waals surface area (Å²) in [5.74, 6) is 0.904. The number of carbonyl (C=O) groups excluding carboxylic acids is 1. The van der Waals surface area contributed by atoms with Gasteiger partial charge in [0.15, 0.2) is 0 Å². The van der Waals surface area contributed by atoms with E-state index in [0.29, 0.717) is 12.1 Å². The third-order valence-corrected chi connectivity index (χ3v) is 5.50. The van der Waals surface area contributed by atoms with E-state index in [1.807, 2.05) is 59.5 Å². The Morgan fingerprint density at radius 1 is 1.11 bits per heavy atom. The molecule has 3 aromatic rings. The first-order valence-corrected chi connectivity index (χ1v) is 9.79. The molecule has 1 aliphatic carbocycles. The lowest BCUT2D eigenvalue weighted by atomic mass is 10.1. The summed E-state index contributed by atoms with van der Waals surface area (Å²) in [7, 11) is 1.68. The second kappa shape index (κ2) is 8.30. The lowest BCUT2D eigenvalue weighted by Crippen LogP contribution is -2.38. The van der Waals surface area contributed by atoms with Gasteiger partial charge in [0.25, 0.3) is 5.91 Å². The maximum Gasteiger partial charge on any atom is 0.254 e. The lowest BCUT2D eigenvalue weighted by Gasteiger charge is -2.30. The number of aromatic amines is 1. The van der Waals surface area contributed by atoms with Gasteiger partial charge in [-0.25, -0.2) is 0 Å². The molecule has 5 nitrogen and oxygen atoms in total. The molecule has 5 heteroatoms. The van der Waals surface area contributed by atoms with Crippen LogP contribution in [0, 0.1) is 0 Å². The molecule has 0 bridgehead atoms. The number of para-hydroxylation sites is 1. The van der Waals surface area contributed by atoms with Gasteiger partial charge in [-0.1, -0.05) is 43.2 Å². The Hall–Kier alpha value is -3.08. The summed E-state index contributed by atoms with van der Waals surface area (Å²) in [6.45, 7) is 0.565. The van der Waals surface area contributed by atoms with E-state index in [4.69, 9.17) is 4.74 Å². The summed E-state index contributed by atoms with van der Waals surface area (Å²) >= 11 is 0. The Kier molecular flexibility index (Phi) is 5.42. The molecule has 1 saturated carbocycles. The number of nitrogens with one attached hydrogen (secondary N) is 1. The van der Waals surface area contributed by atoms with Crippen molar-refractivity contribution in [3.8, 4) is 17.0 Å². The van der Waals surface area contributed by atoms with Gasteiger partial charge in [0.2, 0.25) is 0 Å². The molecule has 4 rings (SSSR count). The number of carbonyl (C=O) groups is 1. The molecule has 0 radical (unpaired) electrons. The highest BCUT2D eigenvalue weighted by Gasteiger charge is 2.28. The molecule has 1 aromatic heterocycles. The van der Waals surface area contributed by atoms with Crippen LogP contribution in [0.2, 0.25) is 0 Å². The fourth-order valence-electron chi connectivity index (χ4n) is 3.97. The number of nitrogens with zero attached hydrogens (tertiary/aromatic N) is 2. The average molecular weight is 375 g/mol. The van der Waals surface area contributed by atoms with Gasteiger partial charge in [-0.2, -0.15) is 5.10 Å². The number of aromatic nitrogens is 2. The smallest absolute Gasteiger partial charge is 0.254 e. The van der Waals surface area contributed by atoms with Crippen molar-refractivity contribution in [2.45, 2.75) is 38.3 Å². The van der Waals surface area contributed by atoms with E-state index in [1.165, 1.54) is 12.8 Å². The van der Waals surface area contributed by atoms with E-state index in [0.717, 1.165) is 35.4 Å². The highest BCUT2D eigenvalue weighted by atomic mass is 16.5. The van der Waals surface area contributed by atoms with Crippen molar-refractivity contribution in [2.75, 3.05) is 7.11 Å². The third kappa shape index (κ3) is 3.79. The average Bonchev–Trinajstić information content (AvgIpc) is 3.46. The molecule has 0 atom stereocenters. The zero-order valence-electron chi connectivity index (χ0n) is 16.1. The van der Waals surface area contributed by atoms with Crippen LogP contribution in [0.1, 0.15) is 41.6 Å². The number of rotatable bonds is 6. The summed E-state index contributed by atoms with van der Waals surface area (Å²) in [5, 5.41) is 6.94. The molecule has 0 unspecified atom stereocenters. The minimum absolute atomic E-state index is 0.0777. The molecule has 0 aliphatic heterocycles. The van der Waals surface area contributed by atoms with Crippen molar-refractivity contribution in [1.82, 2.24) is 15.1 Å². The molecule has 28 heavy (non-hydrogen) atoms. The summed E-state index contributed by atoms with van der Waals surface area (Å²) < 4.78 is 5.50. The maximum atomic E-state index is 13.4. The quantitative estimate of drug-likeness (QED) is 0.681. The molecule has 1 aliphatic rings. The van der Waals surface area contributed by atoms with Crippen LogP contribution < -0.4 is 4.74 Å². The van der Waals surface area contributed by atoms with E-state index in [1.54, 1.807) is 13.3 Å². The molecule has 2 aromatic carbocycles. The van der Waals surface area contributed by atoms with Crippen molar-refractivity contribution in [2.24, 2.45) is 0 Å². The van der Waals surface area contributed by atoms with Gasteiger partial charge < -0.3 is 9.64 Å². The third-order valence-electron chi connectivity index (χ3n) is 5.50. The summed E-state index contributed by atoms with van der Waals surface area (Å²) in [6, 6.07) is 17.9. The number of ether oxygens (including phenoxy) is 1. The number of H-pyrrole nitrogens is 1. The molecule has 1 heterocycles. The van der Waals surface area contributed by atoms with Gasteiger partial charge in [-0.15, -0.1) is 0 Å². The van der Waals surface area contributed by atoms with E-state index in [-0.39, 0.29) is 11.9 Å². The van der Waals surface area contributed by atoms with Crippen LogP contribution in [0.4, 0.5) is 0 Å². The Morgan fingerprint density at radius 2 is 1.86 bits per heavy atom. The molecule has 1 fully saturated rings. The second-order valence-corrected chi connectivity index (χ2v) is 7.23. The predicted octanol–water partition coefficient (Wildman–Crippen LogP) is 4.67. The van der Waals surface area contributed by atoms with Crippen LogP contribution in [-0.2, 0) is 6.54 Å². The van der Waals surface area contributed by atoms with E-state index in [2.05, 4.69) is 10.2 Å². The fraction of sp³-hybridized carbons (Fsp3) is 0.304. The van der Waals surface area contributed by atoms with Gasteiger partial charge in [0.1, 0.15) is 5.75 Å². The van der Waals surface area contributed by atoms with E-state index < -0.39 is 0 Å². The van der Waals surface area contributed by atoms with Crippen LogP contribution in [0.15, 0.2) is 60.8 Å². The first-order valence-electron chi connectivity index (χ1n) is 9.79. The fourth-order valence-corrected chi connectivity index (χ4v) is 3.97. The van der Waals surface area contributed by atoms with Crippen LogP contribution in [-0.4, -0.2) is 34.2 Å². The number of methoxy groups -OCH3 is 1. The van der Waals surface area contributed by atoms with Crippen molar-refractivity contribution in [3.05, 3.63) is 71.9 Å². The van der Waals surface area contributed by atoms with Gasteiger partial charge in [-0.05, 0) is 42.7 Å². The largest absolute Gasteiger partial charge is 0.496 e. The second-order valence-electron chi connectivity index (χ2n) is 7.23. The highest BCUT2D eigenvalue weighted by molar-refractivity contribution is 5.95. The minimum atomic E-state index is 0.0777. The predicted molar refractivity (Wildman–Crippen MR) is 109 cm³/mol. The first-order chi connectivity index (χ1) is 13.8. The van der Waals surface area contributed by atoms with Crippen molar-refractivity contribution < 1.29 is 9.53 Å². The van der Waals surface area contributed by atoms with Gasteiger partial charge in [0, 0.05) is 29.9 Å². The lowest BCUT2D eigenvalue weighted by molar-refractivity contribution is 0.0663. The Bertz CT molecular complexity index is 913. The van der Waals surface area contributed by atoms with Crippen molar-refractivity contribution >= 4 is 5.91 Å². The highest BCUT2D eigenvalue weighted by Crippen LogP contribution is 2.29. The molecule has 1 N–H and O–H groups in total. The zero-order chi connectivity index (χ0) is 19.3. The normalized spacial score (nSPS) is 14.2. The van der Waals surface area contributed by atoms with Gasteiger partial charge >= 0.3 is 0 Å². The molecular formula is C23H25N3O2. The monoisotopic (exact) mass is 375 g/mol. The summed E-state index contributed by atoms with van der Waals surface area (Å²) in [5.41, 5.74) is 3.72.